The fraction of sp³-hybridized carbons (Fsp3) is 0.667. The highest BCUT2D eigenvalue weighted by molar-refractivity contribution is 5.78. The van der Waals surface area contributed by atoms with E-state index in [0.29, 0.717) is 0 Å². The maximum absolute atomic E-state index is 10.2. The number of hydrogen-bond acceptors (Lipinski definition) is 5. The van der Waals surface area contributed by atoms with Crippen molar-refractivity contribution in [3.63, 3.8) is 0 Å². The average Bonchev–Trinajstić information content (AvgIpc) is 1.90. The van der Waals surface area contributed by atoms with Crippen LogP contribution in [0.4, 0.5) is 0 Å². The highest BCUT2D eigenvalue weighted by Crippen LogP contribution is 2.01. The van der Waals surface area contributed by atoms with Crippen LogP contribution < -0.4 is 5.73 Å². The van der Waals surface area contributed by atoms with Crippen molar-refractivity contribution >= 4 is 5.91 Å². The van der Waals surface area contributed by atoms with Crippen LogP contribution in [0.2, 0.25) is 0 Å². The molecule has 6 nitrogen and oxygen atoms in total. The van der Waals surface area contributed by atoms with E-state index in [2.05, 4.69) is 19.9 Å². The van der Waals surface area contributed by atoms with E-state index >= 15 is 0 Å². The molecule has 0 saturated carbocycles. The number of hydrogen-bond donors (Lipinski definition) is 1. The Morgan fingerprint density at radius 1 is 1.56 bits per heavy atom. The van der Waals surface area contributed by atoms with Crippen molar-refractivity contribution in [2.45, 2.75) is 6.10 Å². The SMILES string of the molecule is NC(=O)C1COOOO1. The highest BCUT2D eigenvalue weighted by atomic mass is 17.7. The zero-order valence-corrected chi connectivity index (χ0v) is 4.40. The van der Waals surface area contributed by atoms with Crippen LogP contribution in [0.1, 0.15) is 0 Å². The molecule has 2 N–H and O–H groups in total. The zero-order valence-electron chi connectivity index (χ0n) is 4.40. The van der Waals surface area contributed by atoms with Crippen molar-refractivity contribution in [3.8, 4) is 0 Å². The van der Waals surface area contributed by atoms with Crippen LogP contribution >= 0.6 is 0 Å². The van der Waals surface area contributed by atoms with Crippen molar-refractivity contribution in [2.75, 3.05) is 6.61 Å². The minimum Gasteiger partial charge on any atom is -0.367 e. The molecule has 0 radical (unpaired) electrons. The number of rotatable bonds is 1. The Bertz CT molecular complexity index is 109. The van der Waals surface area contributed by atoms with Gasteiger partial charge in [-0.1, -0.05) is 0 Å². The second-order valence-corrected chi connectivity index (χ2v) is 1.41. The topological polar surface area (TPSA) is 80.0 Å². The van der Waals surface area contributed by atoms with Crippen molar-refractivity contribution < 1.29 is 24.6 Å². The molecule has 52 valence electrons. The molecular weight excluding hydrogens is 130 g/mol. The van der Waals surface area contributed by atoms with E-state index in [9.17, 15) is 4.79 Å². The maximum atomic E-state index is 10.2. The van der Waals surface area contributed by atoms with Gasteiger partial charge in [-0.05, 0) is 10.1 Å². The average molecular weight is 135 g/mol. The Kier molecular flexibility index (Phi) is 1.96. The summed E-state index contributed by atoms with van der Waals surface area (Å²) in [6.45, 7) is -0.0463. The van der Waals surface area contributed by atoms with E-state index in [-0.39, 0.29) is 6.61 Å². The van der Waals surface area contributed by atoms with Gasteiger partial charge in [0.25, 0.3) is 5.91 Å². The Balaban J connectivity index is 2.31. The second-order valence-electron chi connectivity index (χ2n) is 1.41. The molecule has 1 saturated heterocycles. The lowest BCUT2D eigenvalue weighted by Gasteiger charge is -2.14. The van der Waals surface area contributed by atoms with Crippen LogP contribution in [0.25, 0.3) is 0 Å². The molecule has 0 aromatic carbocycles. The van der Waals surface area contributed by atoms with Gasteiger partial charge in [-0.15, -0.1) is 0 Å². The second kappa shape index (κ2) is 2.74. The molecule has 1 rings (SSSR count). The van der Waals surface area contributed by atoms with Gasteiger partial charge in [-0.2, -0.15) is 4.89 Å². The molecule has 1 unspecified atom stereocenters. The largest absolute Gasteiger partial charge is 0.367 e. The summed E-state index contributed by atoms with van der Waals surface area (Å²) >= 11 is 0. The normalized spacial score (nSPS) is 27.8. The molecule has 1 aliphatic heterocycles. The Morgan fingerprint density at radius 3 is 2.67 bits per heavy atom. The predicted molar refractivity (Wildman–Crippen MR) is 22.2 cm³/mol. The van der Waals surface area contributed by atoms with Gasteiger partial charge in [0, 0.05) is 0 Å². The third-order valence-electron chi connectivity index (χ3n) is 0.768. The molecule has 6 heteroatoms. The van der Waals surface area contributed by atoms with Crippen LogP contribution in [0.3, 0.4) is 0 Å². The van der Waals surface area contributed by atoms with E-state index in [1.165, 1.54) is 0 Å². The van der Waals surface area contributed by atoms with Crippen LogP contribution in [-0.4, -0.2) is 18.6 Å². The lowest BCUT2D eigenvalue weighted by Crippen LogP contribution is -2.38. The first-order chi connectivity index (χ1) is 4.30. The van der Waals surface area contributed by atoms with Crippen molar-refractivity contribution in [2.24, 2.45) is 5.73 Å². The molecule has 1 atom stereocenters. The lowest BCUT2D eigenvalue weighted by atomic mass is 10.4. The van der Waals surface area contributed by atoms with E-state index in [1.54, 1.807) is 0 Å². The van der Waals surface area contributed by atoms with E-state index in [1.807, 2.05) is 0 Å². The van der Waals surface area contributed by atoms with Gasteiger partial charge in [0.1, 0.15) is 6.61 Å². The van der Waals surface area contributed by atoms with Crippen LogP contribution in [0.15, 0.2) is 0 Å². The van der Waals surface area contributed by atoms with Crippen molar-refractivity contribution in [1.82, 2.24) is 0 Å². The summed E-state index contributed by atoms with van der Waals surface area (Å²) in [6, 6.07) is 0. The summed E-state index contributed by atoms with van der Waals surface area (Å²) < 4.78 is 0. The van der Waals surface area contributed by atoms with Gasteiger partial charge in [0.05, 0.1) is 0 Å². The Morgan fingerprint density at radius 2 is 2.33 bits per heavy atom. The summed E-state index contributed by atoms with van der Waals surface area (Å²) in [5.41, 5.74) is 4.79. The summed E-state index contributed by atoms with van der Waals surface area (Å²) in [5, 5.41) is 7.64. The third kappa shape index (κ3) is 1.61. The zero-order chi connectivity index (χ0) is 6.69. The molecule has 1 amide bonds. The van der Waals surface area contributed by atoms with E-state index in [4.69, 9.17) is 5.73 Å². The van der Waals surface area contributed by atoms with Gasteiger partial charge < -0.3 is 5.73 Å². The predicted octanol–water partition coefficient (Wildman–Crippen LogP) is -1.33. The quantitative estimate of drug-likeness (QED) is 0.450. The first kappa shape index (κ1) is 6.43. The van der Waals surface area contributed by atoms with E-state index in [0.717, 1.165) is 0 Å². The smallest absolute Gasteiger partial charge is 0.252 e. The fourth-order valence-corrected chi connectivity index (χ4v) is 0.330. The summed E-state index contributed by atoms with van der Waals surface area (Å²) in [6.07, 6.45) is -0.876. The lowest BCUT2D eigenvalue weighted by molar-refractivity contribution is -0.671. The third-order valence-corrected chi connectivity index (χ3v) is 0.768. The molecule has 1 heterocycles. The fourth-order valence-electron chi connectivity index (χ4n) is 0.330. The molecule has 0 bridgehead atoms. The molecular formula is C3H5NO5. The first-order valence-corrected chi connectivity index (χ1v) is 2.21. The monoisotopic (exact) mass is 135 g/mol. The highest BCUT2D eigenvalue weighted by Gasteiger charge is 2.22. The molecule has 1 fully saturated rings. The maximum Gasteiger partial charge on any atom is 0.252 e. The van der Waals surface area contributed by atoms with Gasteiger partial charge in [0.2, 0.25) is 6.10 Å². The van der Waals surface area contributed by atoms with Crippen LogP contribution in [0.5, 0.6) is 0 Å². The van der Waals surface area contributed by atoms with Crippen LogP contribution in [-0.2, 0) is 24.6 Å². The molecule has 0 aliphatic carbocycles. The molecule has 0 spiro atoms. The molecule has 1 aliphatic rings. The number of nitrogens with two attached hydrogens (primary N) is 1. The van der Waals surface area contributed by atoms with Gasteiger partial charge in [-0.25, -0.2) is 4.89 Å². The summed E-state index contributed by atoms with van der Waals surface area (Å²) in [4.78, 5) is 18.6. The number of amides is 1. The standard InChI is InChI=1S/C3H5NO5/c4-3(5)2-1-6-8-9-7-2/h2H,1H2,(H2,4,5). The van der Waals surface area contributed by atoms with Crippen molar-refractivity contribution in [1.29, 1.82) is 0 Å². The van der Waals surface area contributed by atoms with Gasteiger partial charge in [-0.3, -0.25) is 4.79 Å². The Labute approximate surface area is 50.2 Å². The number of carbonyl (C=O) groups is 1. The molecule has 0 aromatic rings. The minimum absolute atomic E-state index is 0.0463. The van der Waals surface area contributed by atoms with Gasteiger partial charge in [0.15, 0.2) is 0 Å². The summed E-state index contributed by atoms with van der Waals surface area (Å²) in [7, 11) is 0. The van der Waals surface area contributed by atoms with Crippen molar-refractivity contribution in [3.05, 3.63) is 0 Å². The van der Waals surface area contributed by atoms with Crippen LogP contribution in [0, 0.1) is 0 Å². The first-order valence-electron chi connectivity index (χ1n) is 2.21. The summed E-state index contributed by atoms with van der Waals surface area (Å²) in [5.74, 6) is -0.654. The molecule has 9 heavy (non-hydrogen) atoms. The van der Waals surface area contributed by atoms with Gasteiger partial charge >= 0.3 is 0 Å². The Hall–Kier alpha value is -0.690. The number of carbonyl (C=O) groups excluding carboxylic acids is 1. The van der Waals surface area contributed by atoms with E-state index < -0.39 is 12.0 Å². The minimum atomic E-state index is -0.876. The molecule has 0 aromatic heterocycles. The number of primary amides is 1.